The molecule has 1 atom stereocenters. The van der Waals surface area contributed by atoms with Gasteiger partial charge in [-0.3, -0.25) is 9.59 Å². The first-order chi connectivity index (χ1) is 12.5. The van der Waals surface area contributed by atoms with Crippen LogP contribution < -0.4 is 4.90 Å². The van der Waals surface area contributed by atoms with Crippen LogP contribution in [0.15, 0.2) is 18.2 Å². The van der Waals surface area contributed by atoms with Crippen molar-refractivity contribution in [2.24, 2.45) is 17.8 Å². The van der Waals surface area contributed by atoms with Crippen molar-refractivity contribution in [2.45, 2.75) is 19.3 Å². The predicted molar refractivity (Wildman–Crippen MR) is 90.4 cm³/mol. The molecule has 3 heterocycles. The SMILES string of the molecule is O=C(C1CC(=O)N(c2cc(F)cc(F)c2)C1)N1CC(C2CCOCC2)C1. The Kier molecular flexibility index (Phi) is 4.65. The Bertz CT molecular complexity index is 694. The molecule has 1 aromatic carbocycles. The van der Waals surface area contributed by atoms with E-state index in [1.165, 1.54) is 4.90 Å². The van der Waals surface area contributed by atoms with E-state index in [0.29, 0.717) is 11.8 Å². The molecule has 26 heavy (non-hydrogen) atoms. The van der Waals surface area contributed by atoms with Crippen LogP contribution in [0.2, 0.25) is 0 Å². The van der Waals surface area contributed by atoms with E-state index in [2.05, 4.69) is 0 Å². The molecule has 0 aromatic heterocycles. The van der Waals surface area contributed by atoms with Gasteiger partial charge in [0.15, 0.2) is 0 Å². The summed E-state index contributed by atoms with van der Waals surface area (Å²) in [7, 11) is 0. The van der Waals surface area contributed by atoms with Crippen LogP contribution in [-0.4, -0.2) is 49.6 Å². The lowest BCUT2D eigenvalue weighted by molar-refractivity contribution is -0.144. The van der Waals surface area contributed by atoms with E-state index in [1.54, 1.807) is 0 Å². The van der Waals surface area contributed by atoms with E-state index in [4.69, 9.17) is 4.74 Å². The van der Waals surface area contributed by atoms with E-state index in [0.717, 1.165) is 57.3 Å². The van der Waals surface area contributed by atoms with Crippen LogP contribution in [0.5, 0.6) is 0 Å². The summed E-state index contributed by atoms with van der Waals surface area (Å²) >= 11 is 0. The van der Waals surface area contributed by atoms with Crippen molar-refractivity contribution < 1.29 is 23.1 Å². The van der Waals surface area contributed by atoms with Crippen LogP contribution in [-0.2, 0) is 14.3 Å². The largest absolute Gasteiger partial charge is 0.381 e. The van der Waals surface area contributed by atoms with Gasteiger partial charge < -0.3 is 14.5 Å². The minimum atomic E-state index is -0.732. The summed E-state index contributed by atoms with van der Waals surface area (Å²) in [5.41, 5.74) is 0.173. The maximum atomic E-state index is 13.4. The van der Waals surface area contributed by atoms with Crippen molar-refractivity contribution in [3.63, 3.8) is 0 Å². The highest BCUT2D eigenvalue weighted by Gasteiger charge is 2.42. The van der Waals surface area contributed by atoms with Crippen LogP contribution >= 0.6 is 0 Å². The van der Waals surface area contributed by atoms with Gasteiger partial charge in [-0.15, -0.1) is 0 Å². The summed E-state index contributed by atoms with van der Waals surface area (Å²) in [6.07, 6.45) is 2.19. The van der Waals surface area contributed by atoms with Gasteiger partial charge in [0.05, 0.1) is 5.92 Å². The Labute approximate surface area is 150 Å². The number of carbonyl (C=O) groups excluding carboxylic acids is 2. The quantitative estimate of drug-likeness (QED) is 0.826. The van der Waals surface area contributed by atoms with Crippen LogP contribution in [0.4, 0.5) is 14.5 Å². The molecule has 0 bridgehead atoms. The fourth-order valence-electron chi connectivity index (χ4n) is 4.25. The molecular weight excluding hydrogens is 342 g/mol. The van der Waals surface area contributed by atoms with Crippen LogP contribution in [0, 0.1) is 29.4 Å². The Morgan fingerprint density at radius 1 is 1.00 bits per heavy atom. The first-order valence-electron chi connectivity index (χ1n) is 9.14. The van der Waals surface area contributed by atoms with Crippen LogP contribution in [0.1, 0.15) is 19.3 Å². The zero-order valence-electron chi connectivity index (χ0n) is 14.5. The number of rotatable bonds is 3. The number of amides is 2. The van der Waals surface area contributed by atoms with Gasteiger partial charge in [0.2, 0.25) is 11.8 Å². The summed E-state index contributed by atoms with van der Waals surface area (Å²) in [5.74, 6) is -1.06. The molecule has 1 aromatic rings. The second-order valence-electron chi connectivity index (χ2n) is 7.49. The molecule has 0 spiro atoms. The second-order valence-corrected chi connectivity index (χ2v) is 7.49. The normalized spacial score (nSPS) is 24.8. The third-order valence-corrected chi connectivity index (χ3v) is 5.79. The molecule has 3 aliphatic heterocycles. The molecular formula is C19H22F2N2O3. The first-order valence-corrected chi connectivity index (χ1v) is 9.14. The molecule has 3 fully saturated rings. The van der Waals surface area contributed by atoms with Crippen molar-refractivity contribution in [2.75, 3.05) is 37.7 Å². The summed E-state index contributed by atoms with van der Waals surface area (Å²) in [4.78, 5) is 28.1. The number of benzene rings is 1. The Balaban J connectivity index is 1.36. The maximum Gasteiger partial charge on any atom is 0.228 e. The summed E-state index contributed by atoms with van der Waals surface area (Å²) in [6, 6.07) is 3.01. The fraction of sp³-hybridized carbons (Fsp3) is 0.579. The molecule has 7 heteroatoms. The van der Waals surface area contributed by atoms with Crippen molar-refractivity contribution in [1.82, 2.24) is 4.90 Å². The minimum Gasteiger partial charge on any atom is -0.381 e. The van der Waals surface area contributed by atoms with Gasteiger partial charge in [-0.25, -0.2) is 8.78 Å². The van der Waals surface area contributed by atoms with E-state index < -0.39 is 17.6 Å². The van der Waals surface area contributed by atoms with Crippen molar-refractivity contribution in [3.05, 3.63) is 29.8 Å². The van der Waals surface area contributed by atoms with Gasteiger partial charge in [-0.1, -0.05) is 0 Å². The lowest BCUT2D eigenvalue weighted by Crippen LogP contribution is -2.55. The minimum absolute atomic E-state index is 0.0268. The van der Waals surface area contributed by atoms with Gasteiger partial charge in [0, 0.05) is 51.0 Å². The molecule has 2 amide bonds. The van der Waals surface area contributed by atoms with E-state index in [-0.39, 0.29) is 30.5 Å². The highest BCUT2D eigenvalue weighted by molar-refractivity contribution is 6.00. The molecule has 140 valence electrons. The van der Waals surface area contributed by atoms with E-state index in [9.17, 15) is 18.4 Å². The summed E-state index contributed by atoms with van der Waals surface area (Å²) < 4.78 is 32.2. The molecule has 5 nitrogen and oxygen atoms in total. The number of anilines is 1. The molecule has 0 saturated carbocycles. The van der Waals surface area contributed by atoms with Crippen LogP contribution in [0.3, 0.4) is 0 Å². The van der Waals surface area contributed by atoms with Crippen molar-refractivity contribution in [1.29, 1.82) is 0 Å². The standard InChI is InChI=1S/C19H22F2N2O3/c20-15-6-16(21)8-17(7-15)23-11-13(5-18(23)24)19(25)22-9-14(10-22)12-1-3-26-4-2-12/h6-8,12-14H,1-5,9-11H2. The number of halogens is 2. The lowest BCUT2D eigenvalue weighted by Gasteiger charge is -2.45. The van der Waals surface area contributed by atoms with Crippen molar-refractivity contribution >= 4 is 17.5 Å². The number of carbonyl (C=O) groups is 2. The lowest BCUT2D eigenvalue weighted by atomic mass is 9.80. The average Bonchev–Trinajstić information content (AvgIpc) is 2.95. The molecule has 0 radical (unpaired) electrons. The van der Waals surface area contributed by atoms with Gasteiger partial charge in [-0.05, 0) is 36.8 Å². The summed E-state index contributed by atoms with van der Waals surface area (Å²) in [6.45, 7) is 3.25. The predicted octanol–water partition coefficient (Wildman–Crippen LogP) is 2.20. The van der Waals surface area contributed by atoms with Crippen molar-refractivity contribution in [3.8, 4) is 0 Å². The number of hydrogen-bond donors (Lipinski definition) is 0. The fourth-order valence-corrected chi connectivity index (χ4v) is 4.25. The molecule has 0 N–H and O–H groups in total. The van der Waals surface area contributed by atoms with Gasteiger partial charge in [0.1, 0.15) is 11.6 Å². The van der Waals surface area contributed by atoms with E-state index in [1.807, 2.05) is 4.90 Å². The zero-order valence-corrected chi connectivity index (χ0v) is 14.5. The van der Waals surface area contributed by atoms with Gasteiger partial charge in [-0.2, -0.15) is 0 Å². The molecule has 4 rings (SSSR count). The monoisotopic (exact) mass is 364 g/mol. The third kappa shape index (κ3) is 3.32. The Morgan fingerprint density at radius 2 is 1.65 bits per heavy atom. The smallest absolute Gasteiger partial charge is 0.228 e. The number of hydrogen-bond acceptors (Lipinski definition) is 3. The van der Waals surface area contributed by atoms with E-state index >= 15 is 0 Å². The highest BCUT2D eigenvalue weighted by Crippen LogP contribution is 2.34. The molecule has 3 aliphatic rings. The molecule has 3 saturated heterocycles. The Morgan fingerprint density at radius 3 is 2.31 bits per heavy atom. The number of nitrogens with zero attached hydrogens (tertiary/aromatic N) is 2. The summed E-state index contributed by atoms with van der Waals surface area (Å²) in [5, 5.41) is 0. The molecule has 0 aliphatic carbocycles. The highest BCUT2D eigenvalue weighted by atomic mass is 19.1. The van der Waals surface area contributed by atoms with Gasteiger partial charge >= 0.3 is 0 Å². The van der Waals surface area contributed by atoms with Gasteiger partial charge in [0.25, 0.3) is 0 Å². The first kappa shape index (κ1) is 17.4. The topological polar surface area (TPSA) is 49.9 Å². The Hall–Kier alpha value is -2.02. The molecule has 1 unspecified atom stereocenters. The third-order valence-electron chi connectivity index (χ3n) is 5.79. The van der Waals surface area contributed by atoms with Crippen LogP contribution in [0.25, 0.3) is 0 Å². The second kappa shape index (κ2) is 6.95. The zero-order chi connectivity index (χ0) is 18.3. The maximum absolute atomic E-state index is 13.4. The number of ether oxygens (including phenoxy) is 1. The average molecular weight is 364 g/mol. The number of likely N-dealkylation sites (tertiary alicyclic amines) is 1.